The Kier molecular flexibility index (Phi) is 5.73. The average Bonchev–Trinajstić information content (AvgIpc) is 2.82. The van der Waals surface area contributed by atoms with Gasteiger partial charge >= 0.3 is 0 Å². The molecule has 5 rings (SSSR count). The standard InChI is InChI=1S/C22H16Cl2FN5O2/c23-16-11-17(25)15(10-19(16)32-21-4-3-20(24)28-29-21)22-14-2-1-13(9-18(14)26-12-27-22)30-5-7-31-8-6-30/h1-4,9-12H,5-8H2. The molecule has 3 heterocycles. The highest BCUT2D eigenvalue weighted by Crippen LogP contribution is 2.37. The van der Waals surface area contributed by atoms with Crippen molar-refractivity contribution in [3.8, 4) is 22.9 Å². The molecule has 10 heteroatoms. The highest BCUT2D eigenvalue weighted by Gasteiger charge is 2.18. The number of ether oxygens (including phenoxy) is 2. The van der Waals surface area contributed by atoms with Gasteiger partial charge in [0.1, 0.15) is 17.9 Å². The van der Waals surface area contributed by atoms with E-state index in [1.807, 2.05) is 18.2 Å². The van der Waals surface area contributed by atoms with Crippen LogP contribution in [0.3, 0.4) is 0 Å². The van der Waals surface area contributed by atoms with E-state index in [0.29, 0.717) is 29.8 Å². The van der Waals surface area contributed by atoms with Gasteiger partial charge in [-0.15, -0.1) is 10.2 Å². The fourth-order valence-electron chi connectivity index (χ4n) is 3.54. The van der Waals surface area contributed by atoms with E-state index in [-0.39, 0.29) is 27.4 Å². The van der Waals surface area contributed by atoms with Gasteiger partial charge in [0.25, 0.3) is 0 Å². The van der Waals surface area contributed by atoms with Crippen molar-refractivity contribution < 1.29 is 13.9 Å². The Hall–Kier alpha value is -3.07. The molecule has 2 aromatic heterocycles. The Balaban J connectivity index is 1.54. The van der Waals surface area contributed by atoms with Crippen molar-refractivity contribution in [3.63, 3.8) is 0 Å². The van der Waals surface area contributed by atoms with E-state index in [1.165, 1.54) is 24.5 Å². The molecule has 7 nitrogen and oxygen atoms in total. The molecule has 0 aliphatic carbocycles. The van der Waals surface area contributed by atoms with Crippen molar-refractivity contribution in [3.05, 3.63) is 64.8 Å². The molecule has 1 saturated heterocycles. The molecule has 0 bridgehead atoms. The van der Waals surface area contributed by atoms with Gasteiger partial charge in [0.05, 0.1) is 29.4 Å². The quantitative estimate of drug-likeness (QED) is 0.406. The first-order valence-corrected chi connectivity index (χ1v) is 10.6. The van der Waals surface area contributed by atoms with E-state index < -0.39 is 5.82 Å². The Morgan fingerprint density at radius 2 is 1.81 bits per heavy atom. The Labute approximate surface area is 192 Å². The van der Waals surface area contributed by atoms with Gasteiger partial charge in [-0.2, -0.15) is 0 Å². The highest BCUT2D eigenvalue weighted by atomic mass is 35.5. The summed E-state index contributed by atoms with van der Waals surface area (Å²) in [6.45, 7) is 2.99. The van der Waals surface area contributed by atoms with E-state index >= 15 is 0 Å². The second-order valence-electron chi connectivity index (χ2n) is 7.08. The minimum Gasteiger partial charge on any atom is -0.436 e. The topological polar surface area (TPSA) is 73.3 Å². The number of nitrogens with zero attached hydrogens (tertiary/aromatic N) is 5. The van der Waals surface area contributed by atoms with E-state index in [2.05, 4.69) is 25.1 Å². The molecule has 0 unspecified atom stereocenters. The van der Waals surface area contributed by atoms with Gasteiger partial charge in [-0.05, 0) is 36.4 Å². The summed E-state index contributed by atoms with van der Waals surface area (Å²) in [4.78, 5) is 11.0. The third-order valence-electron chi connectivity index (χ3n) is 5.10. The molecule has 1 fully saturated rings. The zero-order valence-electron chi connectivity index (χ0n) is 16.6. The number of morpholine rings is 1. The lowest BCUT2D eigenvalue weighted by molar-refractivity contribution is 0.122. The predicted molar refractivity (Wildman–Crippen MR) is 120 cm³/mol. The normalized spacial score (nSPS) is 14.0. The summed E-state index contributed by atoms with van der Waals surface area (Å²) in [5, 5.41) is 8.61. The SMILES string of the molecule is Fc1cc(Cl)c(Oc2ccc(Cl)nn2)cc1-c1ncnc2cc(N3CCOCC3)ccc12. The third kappa shape index (κ3) is 4.17. The van der Waals surface area contributed by atoms with Crippen molar-refractivity contribution >= 4 is 39.8 Å². The van der Waals surface area contributed by atoms with Crippen LogP contribution in [0.2, 0.25) is 10.2 Å². The summed E-state index contributed by atoms with van der Waals surface area (Å²) < 4.78 is 26.1. The zero-order chi connectivity index (χ0) is 22.1. The maximum absolute atomic E-state index is 14.9. The van der Waals surface area contributed by atoms with Crippen LogP contribution in [-0.2, 0) is 4.74 Å². The number of rotatable bonds is 4. The van der Waals surface area contributed by atoms with Crippen molar-refractivity contribution in [2.45, 2.75) is 0 Å². The van der Waals surface area contributed by atoms with Crippen LogP contribution in [0.4, 0.5) is 10.1 Å². The average molecular weight is 472 g/mol. The monoisotopic (exact) mass is 471 g/mol. The predicted octanol–water partition coefficient (Wildman–Crippen LogP) is 5.16. The Bertz CT molecular complexity index is 1280. The van der Waals surface area contributed by atoms with Gasteiger partial charge in [-0.25, -0.2) is 14.4 Å². The van der Waals surface area contributed by atoms with Gasteiger partial charge < -0.3 is 14.4 Å². The molecule has 0 radical (unpaired) electrons. The lowest BCUT2D eigenvalue weighted by Crippen LogP contribution is -2.36. The Morgan fingerprint density at radius 3 is 2.59 bits per heavy atom. The van der Waals surface area contributed by atoms with Crippen molar-refractivity contribution in [1.82, 2.24) is 20.2 Å². The van der Waals surface area contributed by atoms with Crippen LogP contribution in [0.25, 0.3) is 22.2 Å². The summed E-state index contributed by atoms with van der Waals surface area (Å²) in [7, 11) is 0. The van der Waals surface area contributed by atoms with Gasteiger partial charge in [-0.3, -0.25) is 0 Å². The lowest BCUT2D eigenvalue weighted by Gasteiger charge is -2.29. The first-order valence-electron chi connectivity index (χ1n) is 9.82. The van der Waals surface area contributed by atoms with Crippen LogP contribution in [0.1, 0.15) is 0 Å². The summed E-state index contributed by atoms with van der Waals surface area (Å²) in [6.07, 6.45) is 1.42. The minimum atomic E-state index is -0.526. The second kappa shape index (κ2) is 8.82. The maximum atomic E-state index is 14.9. The molecule has 4 aromatic rings. The first kappa shape index (κ1) is 20.8. The van der Waals surface area contributed by atoms with Crippen LogP contribution in [0.5, 0.6) is 11.6 Å². The van der Waals surface area contributed by atoms with Crippen LogP contribution in [0, 0.1) is 5.82 Å². The third-order valence-corrected chi connectivity index (χ3v) is 5.59. The lowest BCUT2D eigenvalue weighted by atomic mass is 10.0. The molecule has 0 N–H and O–H groups in total. The van der Waals surface area contributed by atoms with E-state index in [4.69, 9.17) is 32.7 Å². The van der Waals surface area contributed by atoms with Crippen molar-refractivity contribution in [2.75, 3.05) is 31.2 Å². The van der Waals surface area contributed by atoms with Gasteiger partial charge in [0, 0.05) is 35.8 Å². The molecule has 0 saturated carbocycles. The van der Waals surface area contributed by atoms with Gasteiger partial charge in [0.15, 0.2) is 5.15 Å². The van der Waals surface area contributed by atoms with E-state index in [9.17, 15) is 4.39 Å². The van der Waals surface area contributed by atoms with Crippen LogP contribution in [0.15, 0.2) is 48.8 Å². The van der Waals surface area contributed by atoms with E-state index in [0.717, 1.165) is 18.8 Å². The fourth-order valence-corrected chi connectivity index (χ4v) is 3.83. The zero-order valence-corrected chi connectivity index (χ0v) is 18.1. The van der Waals surface area contributed by atoms with Crippen LogP contribution >= 0.6 is 23.2 Å². The number of hydrogen-bond donors (Lipinski definition) is 0. The largest absolute Gasteiger partial charge is 0.436 e. The first-order chi connectivity index (χ1) is 15.6. The fraction of sp³-hybridized carbons (Fsp3) is 0.182. The van der Waals surface area contributed by atoms with Gasteiger partial charge in [0.2, 0.25) is 5.88 Å². The molecule has 32 heavy (non-hydrogen) atoms. The molecule has 0 spiro atoms. The molecule has 1 aliphatic heterocycles. The summed E-state index contributed by atoms with van der Waals surface area (Å²) in [5.41, 5.74) is 2.41. The molecule has 162 valence electrons. The number of halogens is 3. The number of benzene rings is 2. The second-order valence-corrected chi connectivity index (χ2v) is 7.88. The molecular weight excluding hydrogens is 456 g/mol. The van der Waals surface area contributed by atoms with Crippen LogP contribution in [-0.4, -0.2) is 46.5 Å². The smallest absolute Gasteiger partial charge is 0.239 e. The molecular formula is C22H16Cl2FN5O2. The maximum Gasteiger partial charge on any atom is 0.239 e. The molecule has 0 atom stereocenters. The molecule has 0 amide bonds. The number of anilines is 1. The van der Waals surface area contributed by atoms with Gasteiger partial charge in [-0.1, -0.05) is 23.2 Å². The minimum absolute atomic E-state index is 0.0935. The summed E-state index contributed by atoms with van der Waals surface area (Å²) >= 11 is 12.0. The van der Waals surface area contributed by atoms with Crippen LogP contribution < -0.4 is 9.64 Å². The van der Waals surface area contributed by atoms with Crippen molar-refractivity contribution in [1.29, 1.82) is 0 Å². The summed E-state index contributed by atoms with van der Waals surface area (Å²) in [5.74, 6) is -0.130. The van der Waals surface area contributed by atoms with Crippen molar-refractivity contribution in [2.24, 2.45) is 0 Å². The molecule has 2 aromatic carbocycles. The Morgan fingerprint density at radius 1 is 0.969 bits per heavy atom. The summed E-state index contributed by atoms with van der Waals surface area (Å²) in [6, 6.07) is 11.6. The number of aromatic nitrogens is 4. The number of hydrogen-bond acceptors (Lipinski definition) is 7. The molecule has 1 aliphatic rings. The number of fused-ring (bicyclic) bond motifs is 1. The van der Waals surface area contributed by atoms with E-state index in [1.54, 1.807) is 6.07 Å². The highest BCUT2D eigenvalue weighted by molar-refractivity contribution is 6.32.